The fourth-order valence-corrected chi connectivity index (χ4v) is 0.551. The molecule has 0 aromatic rings. The molecule has 1 unspecified atom stereocenters. The van der Waals surface area contributed by atoms with Crippen LogP contribution in [0.5, 0.6) is 0 Å². The first kappa shape index (κ1) is 8.88. The Morgan fingerprint density at radius 2 is 2.22 bits per heavy atom. The first-order valence-corrected chi connectivity index (χ1v) is 3.32. The van der Waals surface area contributed by atoms with Crippen molar-refractivity contribution in [3.63, 3.8) is 0 Å². The predicted octanol–water partition coefficient (Wildman–Crippen LogP) is 0.401. The molecule has 56 valence electrons. The highest BCUT2D eigenvalue weighted by molar-refractivity contribution is 4.60. The second kappa shape index (κ2) is 4.73. The summed E-state index contributed by atoms with van der Waals surface area (Å²) in [5, 5.41) is 11.7. The molecule has 0 spiro atoms. The van der Waals surface area contributed by atoms with Crippen molar-refractivity contribution in [2.75, 3.05) is 19.6 Å². The number of nitrogens with two attached hydrogens (primary N) is 1. The summed E-state index contributed by atoms with van der Waals surface area (Å²) in [7, 11) is 0. The van der Waals surface area contributed by atoms with Gasteiger partial charge in [0, 0.05) is 0 Å². The molecule has 0 fully saturated rings. The molecule has 3 nitrogen and oxygen atoms in total. The lowest BCUT2D eigenvalue weighted by Crippen LogP contribution is -2.26. The van der Waals surface area contributed by atoms with Crippen LogP contribution in [0.2, 0.25) is 0 Å². The molecule has 1 atom stereocenters. The highest BCUT2D eigenvalue weighted by atomic mass is 16.5. The zero-order valence-corrected chi connectivity index (χ0v) is 6.13. The number of hydroxylamine groups is 2. The smallest absolute Gasteiger partial charge is 0.00396 e. The van der Waals surface area contributed by atoms with E-state index in [1.165, 1.54) is 0 Å². The number of rotatable bonds is 4. The summed E-state index contributed by atoms with van der Waals surface area (Å²) in [6.45, 7) is 5.53. The summed E-state index contributed by atoms with van der Waals surface area (Å²) < 4.78 is 0. The van der Waals surface area contributed by atoms with Crippen molar-refractivity contribution < 1.29 is 0 Å². The lowest BCUT2D eigenvalue weighted by molar-refractivity contribution is 0.338. The molecule has 2 N–H and O–H groups in total. The zero-order chi connectivity index (χ0) is 7.28. The van der Waals surface area contributed by atoms with Crippen LogP contribution in [0.3, 0.4) is 0 Å². The van der Waals surface area contributed by atoms with E-state index in [1.54, 1.807) is 0 Å². The molecule has 3 heteroatoms. The topological polar surface area (TPSA) is 52.3 Å². The SMILES string of the molecule is CCN([O-])CC(C)CN. The summed E-state index contributed by atoms with van der Waals surface area (Å²) in [5.41, 5.74) is 5.31. The molecule has 0 aliphatic heterocycles. The van der Waals surface area contributed by atoms with E-state index in [0.717, 1.165) is 5.06 Å². The van der Waals surface area contributed by atoms with Crippen molar-refractivity contribution >= 4 is 0 Å². The van der Waals surface area contributed by atoms with Crippen molar-refractivity contribution in [1.82, 2.24) is 5.06 Å². The van der Waals surface area contributed by atoms with E-state index in [0.29, 0.717) is 25.6 Å². The summed E-state index contributed by atoms with van der Waals surface area (Å²) in [6.07, 6.45) is 0. The van der Waals surface area contributed by atoms with Gasteiger partial charge in [0.25, 0.3) is 0 Å². The van der Waals surface area contributed by atoms with Gasteiger partial charge in [-0.3, -0.25) is 0 Å². The number of nitrogens with zero attached hydrogens (tertiary/aromatic N) is 1. The fourth-order valence-electron chi connectivity index (χ4n) is 0.551. The average Bonchev–Trinajstić information content (AvgIpc) is 1.87. The van der Waals surface area contributed by atoms with E-state index < -0.39 is 0 Å². The normalized spacial score (nSPS) is 14.3. The maximum Gasteiger partial charge on any atom is -0.00396 e. The van der Waals surface area contributed by atoms with Crippen LogP contribution in [-0.2, 0) is 0 Å². The molecule has 0 radical (unpaired) electrons. The van der Waals surface area contributed by atoms with Gasteiger partial charge in [-0.2, -0.15) is 0 Å². The Balaban J connectivity index is 3.22. The van der Waals surface area contributed by atoms with Crippen molar-refractivity contribution in [1.29, 1.82) is 0 Å². The Kier molecular flexibility index (Phi) is 4.67. The van der Waals surface area contributed by atoms with Crippen LogP contribution < -0.4 is 5.73 Å². The Hall–Kier alpha value is -0.120. The van der Waals surface area contributed by atoms with E-state index in [2.05, 4.69) is 0 Å². The molecule has 0 amide bonds. The summed E-state index contributed by atoms with van der Waals surface area (Å²) >= 11 is 0. The van der Waals surface area contributed by atoms with Gasteiger partial charge in [0.1, 0.15) is 0 Å². The van der Waals surface area contributed by atoms with Crippen LogP contribution in [0, 0.1) is 11.1 Å². The molecular formula is C6H15N2O-. The van der Waals surface area contributed by atoms with E-state index in [4.69, 9.17) is 5.73 Å². The van der Waals surface area contributed by atoms with Gasteiger partial charge in [-0.15, -0.1) is 0 Å². The second-order valence-corrected chi connectivity index (χ2v) is 2.32. The van der Waals surface area contributed by atoms with Gasteiger partial charge in [-0.1, -0.05) is 13.8 Å². The van der Waals surface area contributed by atoms with Crippen LogP contribution in [0.1, 0.15) is 13.8 Å². The molecule has 0 aromatic heterocycles. The summed E-state index contributed by atoms with van der Waals surface area (Å²) in [6, 6.07) is 0. The first-order chi connectivity index (χ1) is 4.20. The molecule has 0 saturated heterocycles. The monoisotopic (exact) mass is 131 g/mol. The highest BCUT2D eigenvalue weighted by Crippen LogP contribution is 1.94. The van der Waals surface area contributed by atoms with Crippen molar-refractivity contribution in [3.8, 4) is 0 Å². The molecule has 0 aromatic carbocycles. The third kappa shape index (κ3) is 4.39. The van der Waals surface area contributed by atoms with Crippen LogP contribution in [0.4, 0.5) is 0 Å². The highest BCUT2D eigenvalue weighted by Gasteiger charge is 1.96. The van der Waals surface area contributed by atoms with E-state index in [1.807, 2.05) is 13.8 Å². The third-order valence-electron chi connectivity index (χ3n) is 1.27. The summed E-state index contributed by atoms with van der Waals surface area (Å²) in [4.78, 5) is 0. The average molecular weight is 131 g/mol. The Bertz CT molecular complexity index is 60.1. The van der Waals surface area contributed by atoms with Gasteiger partial charge in [0.2, 0.25) is 0 Å². The van der Waals surface area contributed by atoms with Crippen LogP contribution in [-0.4, -0.2) is 24.7 Å². The third-order valence-corrected chi connectivity index (χ3v) is 1.27. The van der Waals surface area contributed by atoms with Crippen LogP contribution in [0.25, 0.3) is 0 Å². The van der Waals surface area contributed by atoms with Crippen molar-refractivity contribution in [2.45, 2.75) is 13.8 Å². The molecule has 0 saturated carbocycles. The quantitative estimate of drug-likeness (QED) is 0.562. The number of hydrogen-bond donors (Lipinski definition) is 1. The summed E-state index contributed by atoms with van der Waals surface area (Å²) in [5.74, 6) is 0.322. The van der Waals surface area contributed by atoms with Gasteiger partial charge in [-0.05, 0) is 25.6 Å². The van der Waals surface area contributed by atoms with Gasteiger partial charge < -0.3 is 16.0 Å². The molecule has 0 heterocycles. The molecule has 0 aliphatic rings. The minimum absolute atomic E-state index is 0.322. The molecular weight excluding hydrogens is 116 g/mol. The van der Waals surface area contributed by atoms with Crippen molar-refractivity contribution in [2.24, 2.45) is 11.7 Å². The minimum Gasteiger partial charge on any atom is -0.785 e. The Labute approximate surface area is 56.4 Å². The lowest BCUT2D eigenvalue weighted by atomic mass is 10.2. The molecule has 0 bridgehead atoms. The number of hydrogen-bond acceptors (Lipinski definition) is 3. The molecule has 9 heavy (non-hydrogen) atoms. The molecule has 0 aliphatic carbocycles. The van der Waals surface area contributed by atoms with E-state index >= 15 is 0 Å². The van der Waals surface area contributed by atoms with Gasteiger partial charge in [0.15, 0.2) is 0 Å². The lowest BCUT2D eigenvalue weighted by Gasteiger charge is -2.28. The Morgan fingerprint density at radius 1 is 1.67 bits per heavy atom. The zero-order valence-electron chi connectivity index (χ0n) is 6.13. The molecule has 0 rings (SSSR count). The van der Waals surface area contributed by atoms with Crippen molar-refractivity contribution in [3.05, 3.63) is 5.21 Å². The maximum atomic E-state index is 10.6. The van der Waals surface area contributed by atoms with Gasteiger partial charge in [0.05, 0.1) is 0 Å². The minimum atomic E-state index is 0.322. The fraction of sp³-hybridized carbons (Fsp3) is 1.00. The van der Waals surface area contributed by atoms with Gasteiger partial charge >= 0.3 is 0 Å². The first-order valence-electron chi connectivity index (χ1n) is 3.32. The van der Waals surface area contributed by atoms with Crippen LogP contribution >= 0.6 is 0 Å². The Morgan fingerprint density at radius 3 is 2.56 bits per heavy atom. The maximum absolute atomic E-state index is 10.6. The van der Waals surface area contributed by atoms with Gasteiger partial charge in [-0.25, -0.2) is 0 Å². The predicted molar refractivity (Wildman–Crippen MR) is 38.8 cm³/mol. The largest absolute Gasteiger partial charge is 0.785 e. The van der Waals surface area contributed by atoms with E-state index in [-0.39, 0.29) is 0 Å². The van der Waals surface area contributed by atoms with E-state index in [9.17, 15) is 5.21 Å². The second-order valence-electron chi connectivity index (χ2n) is 2.32. The van der Waals surface area contributed by atoms with Crippen LogP contribution in [0.15, 0.2) is 0 Å². The standard InChI is InChI=1S/C6H15N2O/c1-3-8(9)5-6(2)4-7/h6H,3-5,7H2,1-2H3/q-1.